The molecule has 126 valence electrons. The number of ether oxygens (including phenoxy) is 1. The second kappa shape index (κ2) is 8.45. The fraction of sp³-hybridized carbons (Fsp3) is 0.529. The average Bonchev–Trinajstić information content (AvgIpc) is 2.55. The maximum absolute atomic E-state index is 12.2. The maximum Gasteiger partial charge on any atom is 0.308 e. The number of rotatable bonds is 5. The SMILES string of the molecule is COC(=O)C1CCN(CC(=O)N[C@H](C)c2ccccc2Br)CC1. The van der Waals surface area contributed by atoms with Gasteiger partial charge in [-0.15, -0.1) is 0 Å². The summed E-state index contributed by atoms with van der Waals surface area (Å²) in [6.45, 7) is 3.83. The lowest BCUT2D eigenvalue weighted by Crippen LogP contribution is -2.43. The lowest BCUT2D eigenvalue weighted by molar-refractivity contribution is -0.147. The Morgan fingerprint density at radius 1 is 1.35 bits per heavy atom. The van der Waals surface area contributed by atoms with Crippen LogP contribution < -0.4 is 5.32 Å². The van der Waals surface area contributed by atoms with Crippen molar-refractivity contribution in [3.8, 4) is 0 Å². The lowest BCUT2D eigenvalue weighted by Gasteiger charge is -2.30. The molecular formula is C17H23BrN2O3. The molecule has 0 spiro atoms. The minimum atomic E-state index is -0.142. The van der Waals surface area contributed by atoms with Gasteiger partial charge in [0.05, 0.1) is 25.6 Å². The number of hydrogen-bond donors (Lipinski definition) is 1. The Bertz CT molecular complexity index is 557. The number of benzene rings is 1. The van der Waals surface area contributed by atoms with Crippen LogP contribution in [0.2, 0.25) is 0 Å². The van der Waals surface area contributed by atoms with Crippen molar-refractivity contribution in [2.45, 2.75) is 25.8 Å². The Morgan fingerprint density at radius 2 is 2.00 bits per heavy atom. The second-order valence-corrected chi connectivity index (χ2v) is 6.74. The van der Waals surface area contributed by atoms with Gasteiger partial charge in [0, 0.05) is 4.47 Å². The van der Waals surface area contributed by atoms with Gasteiger partial charge in [0.15, 0.2) is 0 Å². The highest BCUT2D eigenvalue weighted by Gasteiger charge is 2.26. The monoisotopic (exact) mass is 382 g/mol. The molecule has 6 heteroatoms. The van der Waals surface area contributed by atoms with Crippen molar-refractivity contribution >= 4 is 27.8 Å². The fourth-order valence-electron chi connectivity index (χ4n) is 2.89. The number of hydrogen-bond acceptors (Lipinski definition) is 4. The maximum atomic E-state index is 12.2. The van der Waals surface area contributed by atoms with Gasteiger partial charge in [-0.2, -0.15) is 0 Å². The molecule has 23 heavy (non-hydrogen) atoms. The average molecular weight is 383 g/mol. The van der Waals surface area contributed by atoms with Crippen molar-refractivity contribution in [1.29, 1.82) is 0 Å². The molecule has 0 bridgehead atoms. The molecule has 1 fully saturated rings. The van der Waals surface area contributed by atoms with Crippen molar-refractivity contribution in [3.05, 3.63) is 34.3 Å². The van der Waals surface area contributed by atoms with Gasteiger partial charge in [-0.25, -0.2) is 0 Å². The molecule has 2 rings (SSSR count). The van der Waals surface area contributed by atoms with E-state index in [4.69, 9.17) is 4.74 Å². The Labute approximate surface area is 145 Å². The van der Waals surface area contributed by atoms with Crippen LogP contribution in [0.25, 0.3) is 0 Å². The van der Waals surface area contributed by atoms with Crippen LogP contribution in [-0.2, 0) is 14.3 Å². The van der Waals surface area contributed by atoms with Crippen molar-refractivity contribution in [2.24, 2.45) is 5.92 Å². The number of amides is 1. The number of nitrogens with one attached hydrogen (secondary N) is 1. The number of halogens is 1. The van der Waals surface area contributed by atoms with Gasteiger partial charge in [-0.05, 0) is 44.5 Å². The molecule has 1 aromatic carbocycles. The number of carbonyl (C=O) groups excluding carboxylic acids is 2. The molecule has 0 aromatic heterocycles. The van der Waals surface area contributed by atoms with Gasteiger partial charge in [0.1, 0.15) is 0 Å². The summed E-state index contributed by atoms with van der Waals surface area (Å²) in [6.07, 6.45) is 1.50. The summed E-state index contributed by atoms with van der Waals surface area (Å²) in [4.78, 5) is 25.8. The second-order valence-electron chi connectivity index (χ2n) is 5.88. The molecule has 1 amide bonds. The highest BCUT2D eigenvalue weighted by molar-refractivity contribution is 9.10. The van der Waals surface area contributed by atoms with Crippen LogP contribution in [0.1, 0.15) is 31.4 Å². The first-order chi connectivity index (χ1) is 11.0. The first-order valence-corrected chi connectivity index (χ1v) is 8.64. The highest BCUT2D eigenvalue weighted by atomic mass is 79.9. The largest absolute Gasteiger partial charge is 0.469 e. The molecule has 0 radical (unpaired) electrons. The van der Waals surface area contributed by atoms with Gasteiger partial charge in [-0.3, -0.25) is 14.5 Å². The molecule has 1 N–H and O–H groups in total. The van der Waals surface area contributed by atoms with Gasteiger partial charge < -0.3 is 10.1 Å². The molecule has 1 aliphatic heterocycles. The minimum absolute atomic E-state index is 0.00442. The van der Waals surface area contributed by atoms with Crippen LogP contribution in [0.5, 0.6) is 0 Å². The lowest BCUT2D eigenvalue weighted by atomic mass is 9.97. The molecule has 1 aliphatic rings. The predicted octanol–water partition coefficient (Wildman–Crippen LogP) is 2.51. The molecule has 5 nitrogen and oxygen atoms in total. The summed E-state index contributed by atoms with van der Waals surface area (Å²) >= 11 is 3.51. The predicted molar refractivity (Wildman–Crippen MR) is 91.9 cm³/mol. The zero-order chi connectivity index (χ0) is 16.8. The summed E-state index contributed by atoms with van der Waals surface area (Å²) in [5.74, 6) is -0.167. The smallest absolute Gasteiger partial charge is 0.308 e. The number of esters is 1. The molecule has 1 heterocycles. The first kappa shape index (κ1) is 17.9. The van der Waals surface area contributed by atoms with E-state index in [2.05, 4.69) is 26.1 Å². The topological polar surface area (TPSA) is 58.6 Å². The van der Waals surface area contributed by atoms with Gasteiger partial charge in [0.2, 0.25) is 5.91 Å². The zero-order valence-corrected chi connectivity index (χ0v) is 15.1. The van der Waals surface area contributed by atoms with Crippen molar-refractivity contribution in [3.63, 3.8) is 0 Å². The van der Waals surface area contributed by atoms with Gasteiger partial charge >= 0.3 is 5.97 Å². The highest BCUT2D eigenvalue weighted by Crippen LogP contribution is 2.23. The third-order valence-corrected chi connectivity index (χ3v) is 4.96. The van der Waals surface area contributed by atoms with E-state index in [0.717, 1.165) is 36.0 Å². The van der Waals surface area contributed by atoms with E-state index in [-0.39, 0.29) is 23.8 Å². The summed E-state index contributed by atoms with van der Waals surface area (Å²) in [7, 11) is 1.42. The van der Waals surface area contributed by atoms with Crippen LogP contribution >= 0.6 is 15.9 Å². The van der Waals surface area contributed by atoms with Crippen LogP contribution in [0.15, 0.2) is 28.7 Å². The number of nitrogens with zero attached hydrogens (tertiary/aromatic N) is 1. The summed E-state index contributed by atoms with van der Waals surface area (Å²) in [5.41, 5.74) is 1.06. The number of piperidine rings is 1. The molecule has 0 unspecified atom stereocenters. The molecular weight excluding hydrogens is 360 g/mol. The van der Waals surface area contributed by atoms with Crippen LogP contribution in [-0.4, -0.2) is 43.5 Å². The molecule has 0 aliphatic carbocycles. The third kappa shape index (κ3) is 5.04. The summed E-state index contributed by atoms with van der Waals surface area (Å²) < 4.78 is 5.77. The number of methoxy groups -OCH3 is 1. The standard InChI is InChI=1S/C17H23BrN2O3/c1-12(14-5-3-4-6-15(14)18)19-16(21)11-20-9-7-13(8-10-20)17(22)23-2/h3-6,12-13H,7-11H2,1-2H3,(H,19,21)/t12-/m1/s1. The Kier molecular flexibility index (Phi) is 6.59. The quantitative estimate of drug-likeness (QED) is 0.794. The first-order valence-electron chi connectivity index (χ1n) is 7.85. The van der Waals surface area contributed by atoms with E-state index in [1.54, 1.807) is 0 Å². The van der Waals surface area contributed by atoms with Crippen LogP contribution in [0, 0.1) is 5.92 Å². The molecule has 1 atom stereocenters. The number of carbonyl (C=O) groups is 2. The molecule has 1 aromatic rings. The summed E-state index contributed by atoms with van der Waals surface area (Å²) in [6, 6.07) is 7.83. The van der Waals surface area contributed by atoms with Crippen LogP contribution in [0.3, 0.4) is 0 Å². The number of likely N-dealkylation sites (tertiary alicyclic amines) is 1. The van der Waals surface area contributed by atoms with Gasteiger partial charge in [0.25, 0.3) is 0 Å². The van der Waals surface area contributed by atoms with Gasteiger partial charge in [-0.1, -0.05) is 34.1 Å². The third-order valence-electron chi connectivity index (χ3n) is 4.24. The Morgan fingerprint density at radius 3 is 2.61 bits per heavy atom. The zero-order valence-electron chi connectivity index (χ0n) is 13.5. The van der Waals surface area contributed by atoms with Crippen molar-refractivity contribution in [2.75, 3.05) is 26.7 Å². The molecule has 0 saturated carbocycles. The van der Waals surface area contributed by atoms with E-state index < -0.39 is 0 Å². The van der Waals surface area contributed by atoms with E-state index in [0.29, 0.717) is 6.54 Å². The Balaban J connectivity index is 1.80. The van der Waals surface area contributed by atoms with E-state index in [9.17, 15) is 9.59 Å². The van der Waals surface area contributed by atoms with Crippen LogP contribution in [0.4, 0.5) is 0 Å². The van der Waals surface area contributed by atoms with E-state index in [1.165, 1.54) is 7.11 Å². The fourth-order valence-corrected chi connectivity index (χ4v) is 3.52. The van der Waals surface area contributed by atoms with Crippen molar-refractivity contribution < 1.29 is 14.3 Å². The minimum Gasteiger partial charge on any atom is -0.469 e. The van der Waals surface area contributed by atoms with Crippen molar-refractivity contribution in [1.82, 2.24) is 10.2 Å². The van der Waals surface area contributed by atoms with E-state index in [1.807, 2.05) is 31.2 Å². The molecule has 1 saturated heterocycles. The van der Waals surface area contributed by atoms with E-state index >= 15 is 0 Å². The summed E-state index contributed by atoms with van der Waals surface area (Å²) in [5, 5.41) is 3.03. The Hall–Kier alpha value is -1.40. The normalized spacial score (nSPS) is 17.5.